The molecule has 1 aromatic carbocycles. The van der Waals surface area contributed by atoms with E-state index in [4.69, 9.17) is 14.7 Å². The lowest BCUT2D eigenvalue weighted by Crippen LogP contribution is -2.36. The van der Waals surface area contributed by atoms with Gasteiger partial charge in [0.2, 0.25) is 0 Å². The molecule has 1 fully saturated rings. The van der Waals surface area contributed by atoms with Crippen molar-refractivity contribution < 1.29 is 4.74 Å². The van der Waals surface area contributed by atoms with Gasteiger partial charge in [-0.25, -0.2) is 9.97 Å². The highest BCUT2D eigenvalue weighted by Crippen LogP contribution is 2.34. The lowest BCUT2D eigenvalue weighted by atomic mass is 10.2. The number of fused-ring (bicyclic) bond motifs is 1. The summed E-state index contributed by atoms with van der Waals surface area (Å²) in [5.74, 6) is 1.75. The fourth-order valence-corrected chi connectivity index (χ4v) is 3.99. The van der Waals surface area contributed by atoms with Crippen LogP contribution in [0.25, 0.3) is 21.6 Å². The van der Waals surface area contributed by atoms with Crippen LogP contribution in [-0.4, -0.2) is 42.5 Å². The number of hydrazone groups is 1. The molecule has 134 valence electrons. The molecule has 4 rings (SSSR count). The SMILES string of the molecule is C/C=N\Nc1cccc(-c2nc(N3CCOCC3)c3sc(C)cc3n2)c1. The molecule has 0 amide bonds. The Morgan fingerprint density at radius 3 is 2.88 bits per heavy atom. The number of morpholine rings is 1. The Hall–Kier alpha value is -2.51. The van der Waals surface area contributed by atoms with Crippen molar-refractivity contribution in [1.29, 1.82) is 0 Å². The van der Waals surface area contributed by atoms with Crippen LogP contribution in [0.4, 0.5) is 11.5 Å². The van der Waals surface area contributed by atoms with Gasteiger partial charge in [0, 0.05) is 29.7 Å². The zero-order chi connectivity index (χ0) is 17.9. The molecule has 0 aliphatic carbocycles. The van der Waals surface area contributed by atoms with E-state index < -0.39 is 0 Å². The van der Waals surface area contributed by atoms with Crippen LogP contribution in [0.3, 0.4) is 0 Å². The smallest absolute Gasteiger partial charge is 0.162 e. The van der Waals surface area contributed by atoms with E-state index in [0.29, 0.717) is 0 Å². The number of anilines is 2. The third-order valence-corrected chi connectivity index (χ3v) is 5.27. The molecule has 0 atom stereocenters. The van der Waals surface area contributed by atoms with Crippen LogP contribution in [0.15, 0.2) is 35.4 Å². The predicted octanol–water partition coefficient (Wildman–Crippen LogP) is 3.92. The van der Waals surface area contributed by atoms with Gasteiger partial charge in [0.1, 0.15) is 0 Å². The molecule has 26 heavy (non-hydrogen) atoms. The van der Waals surface area contributed by atoms with Crippen LogP contribution >= 0.6 is 11.3 Å². The fraction of sp³-hybridized carbons (Fsp3) is 0.316. The number of hydrogen-bond acceptors (Lipinski definition) is 7. The van der Waals surface area contributed by atoms with Crippen molar-refractivity contribution in [3.63, 3.8) is 0 Å². The van der Waals surface area contributed by atoms with Crippen molar-refractivity contribution in [3.05, 3.63) is 35.2 Å². The molecule has 1 aliphatic heterocycles. The van der Waals surface area contributed by atoms with Gasteiger partial charge in [0.15, 0.2) is 11.6 Å². The van der Waals surface area contributed by atoms with Crippen molar-refractivity contribution in [2.75, 3.05) is 36.6 Å². The van der Waals surface area contributed by atoms with E-state index in [-0.39, 0.29) is 0 Å². The molecule has 2 aromatic heterocycles. The molecule has 1 aliphatic rings. The highest BCUT2D eigenvalue weighted by atomic mass is 32.1. The van der Waals surface area contributed by atoms with Gasteiger partial charge in [-0.1, -0.05) is 12.1 Å². The van der Waals surface area contributed by atoms with E-state index in [2.05, 4.69) is 28.4 Å². The minimum Gasteiger partial charge on any atom is -0.378 e. The highest BCUT2D eigenvalue weighted by molar-refractivity contribution is 7.19. The number of aryl methyl sites for hydroxylation is 1. The standard InChI is InChI=1S/C19H21N5OS/c1-3-20-23-15-6-4-5-14(12-15)18-21-16-11-13(2)26-17(16)19(22-18)24-7-9-25-10-8-24/h3-6,11-12,23H,7-10H2,1-2H3/b20-3-. The monoisotopic (exact) mass is 367 g/mol. The van der Waals surface area contributed by atoms with Gasteiger partial charge in [-0.15, -0.1) is 11.3 Å². The summed E-state index contributed by atoms with van der Waals surface area (Å²) >= 11 is 1.75. The molecule has 0 saturated carbocycles. The van der Waals surface area contributed by atoms with E-state index >= 15 is 0 Å². The third kappa shape index (κ3) is 3.40. The second-order valence-electron chi connectivity index (χ2n) is 6.12. The van der Waals surface area contributed by atoms with Crippen LogP contribution in [0.2, 0.25) is 0 Å². The predicted molar refractivity (Wildman–Crippen MR) is 108 cm³/mol. The van der Waals surface area contributed by atoms with Crippen molar-refractivity contribution >= 4 is 39.3 Å². The van der Waals surface area contributed by atoms with Gasteiger partial charge < -0.3 is 9.64 Å². The summed E-state index contributed by atoms with van der Waals surface area (Å²) in [4.78, 5) is 13.3. The average molecular weight is 367 g/mol. The molecule has 6 nitrogen and oxygen atoms in total. The second kappa shape index (κ2) is 7.39. The first-order valence-electron chi connectivity index (χ1n) is 8.69. The topological polar surface area (TPSA) is 62.6 Å². The Kier molecular flexibility index (Phi) is 4.81. The van der Waals surface area contributed by atoms with Gasteiger partial charge in [0.25, 0.3) is 0 Å². The van der Waals surface area contributed by atoms with Gasteiger partial charge in [0.05, 0.1) is 29.1 Å². The third-order valence-electron chi connectivity index (χ3n) is 4.23. The van der Waals surface area contributed by atoms with Crippen molar-refractivity contribution in [1.82, 2.24) is 9.97 Å². The summed E-state index contributed by atoms with van der Waals surface area (Å²) in [6.07, 6.45) is 1.72. The molecule has 7 heteroatoms. The molecule has 3 aromatic rings. The van der Waals surface area contributed by atoms with Gasteiger partial charge >= 0.3 is 0 Å². The first kappa shape index (κ1) is 16.9. The summed E-state index contributed by atoms with van der Waals surface area (Å²) in [6.45, 7) is 7.17. The van der Waals surface area contributed by atoms with E-state index in [9.17, 15) is 0 Å². The largest absolute Gasteiger partial charge is 0.378 e. The minimum atomic E-state index is 0.736. The first-order valence-corrected chi connectivity index (χ1v) is 9.51. The molecular formula is C19H21N5OS. The maximum absolute atomic E-state index is 5.50. The molecule has 0 bridgehead atoms. The Morgan fingerprint density at radius 2 is 2.08 bits per heavy atom. The van der Waals surface area contributed by atoms with E-state index in [1.165, 1.54) is 4.88 Å². The summed E-state index contributed by atoms with van der Waals surface area (Å²) in [5, 5.41) is 4.08. The van der Waals surface area contributed by atoms with Gasteiger partial charge in [-0.2, -0.15) is 5.10 Å². The number of benzene rings is 1. The average Bonchev–Trinajstić information content (AvgIpc) is 3.06. The number of nitrogens with zero attached hydrogens (tertiary/aromatic N) is 4. The quantitative estimate of drug-likeness (QED) is 0.559. The number of aromatic nitrogens is 2. The number of nitrogens with one attached hydrogen (secondary N) is 1. The van der Waals surface area contributed by atoms with Gasteiger partial charge in [-0.3, -0.25) is 5.43 Å². The molecule has 0 unspecified atom stereocenters. The van der Waals surface area contributed by atoms with Crippen LogP contribution in [-0.2, 0) is 4.74 Å². The Morgan fingerprint density at radius 1 is 1.23 bits per heavy atom. The number of thiophene rings is 1. The van der Waals surface area contributed by atoms with E-state index in [1.807, 2.05) is 31.2 Å². The maximum atomic E-state index is 5.50. The van der Waals surface area contributed by atoms with Gasteiger partial charge in [-0.05, 0) is 32.0 Å². The molecular weight excluding hydrogens is 346 g/mol. The second-order valence-corrected chi connectivity index (χ2v) is 7.38. The lowest BCUT2D eigenvalue weighted by Gasteiger charge is -2.28. The van der Waals surface area contributed by atoms with Crippen molar-refractivity contribution in [3.8, 4) is 11.4 Å². The number of hydrogen-bond donors (Lipinski definition) is 1. The molecule has 1 N–H and O–H groups in total. The molecule has 1 saturated heterocycles. The van der Waals surface area contributed by atoms with E-state index in [1.54, 1.807) is 17.6 Å². The zero-order valence-electron chi connectivity index (χ0n) is 14.9. The van der Waals surface area contributed by atoms with Crippen LogP contribution in [0, 0.1) is 6.92 Å². The van der Waals surface area contributed by atoms with Crippen molar-refractivity contribution in [2.24, 2.45) is 5.10 Å². The lowest BCUT2D eigenvalue weighted by molar-refractivity contribution is 0.122. The Balaban J connectivity index is 1.80. The van der Waals surface area contributed by atoms with Crippen molar-refractivity contribution in [2.45, 2.75) is 13.8 Å². The summed E-state index contributed by atoms with van der Waals surface area (Å²) in [7, 11) is 0. The first-order chi connectivity index (χ1) is 12.7. The Labute approximate surface area is 156 Å². The number of rotatable bonds is 4. The normalized spacial score (nSPS) is 15.1. The summed E-state index contributed by atoms with van der Waals surface area (Å²) < 4.78 is 6.65. The molecule has 0 radical (unpaired) electrons. The van der Waals surface area contributed by atoms with Crippen LogP contribution in [0.5, 0.6) is 0 Å². The van der Waals surface area contributed by atoms with Crippen LogP contribution < -0.4 is 10.3 Å². The summed E-state index contributed by atoms with van der Waals surface area (Å²) in [6, 6.07) is 10.2. The summed E-state index contributed by atoms with van der Waals surface area (Å²) in [5.41, 5.74) is 5.91. The minimum absolute atomic E-state index is 0.736. The van der Waals surface area contributed by atoms with Crippen LogP contribution in [0.1, 0.15) is 11.8 Å². The fourth-order valence-electron chi connectivity index (χ4n) is 3.02. The molecule has 3 heterocycles. The Bertz CT molecular complexity index is 946. The number of ether oxygens (including phenoxy) is 1. The molecule has 0 spiro atoms. The van der Waals surface area contributed by atoms with E-state index in [0.717, 1.165) is 59.4 Å². The maximum Gasteiger partial charge on any atom is 0.162 e. The zero-order valence-corrected chi connectivity index (χ0v) is 15.7. The highest BCUT2D eigenvalue weighted by Gasteiger charge is 2.19.